The van der Waals surface area contributed by atoms with Crippen LogP contribution in [0.5, 0.6) is 0 Å². The van der Waals surface area contributed by atoms with Crippen molar-refractivity contribution in [2.24, 2.45) is 5.92 Å². The molecule has 5 heteroatoms. The number of sulfonamides is 1. The number of hydrogen-bond donors (Lipinski definition) is 2. The van der Waals surface area contributed by atoms with Crippen LogP contribution >= 0.6 is 0 Å². The fraction of sp³-hybridized carbons (Fsp3) is 0.500. The Kier molecular flexibility index (Phi) is 5.40. The second-order valence-corrected chi connectivity index (χ2v) is 7.16. The minimum absolute atomic E-state index is 0.240. The van der Waals surface area contributed by atoms with Crippen LogP contribution < -0.4 is 4.72 Å². The molecule has 1 aliphatic carbocycles. The highest BCUT2D eigenvalue weighted by atomic mass is 32.2. The van der Waals surface area contributed by atoms with E-state index in [0.717, 1.165) is 6.42 Å². The molecule has 0 radical (unpaired) electrons. The molecule has 4 nitrogen and oxygen atoms in total. The zero-order valence-corrected chi connectivity index (χ0v) is 13.0. The Morgan fingerprint density at radius 2 is 2.14 bits per heavy atom. The van der Waals surface area contributed by atoms with Gasteiger partial charge in [-0.1, -0.05) is 37.2 Å². The summed E-state index contributed by atoms with van der Waals surface area (Å²) in [5, 5.41) is 8.70. The fourth-order valence-corrected chi connectivity index (χ4v) is 3.68. The first kappa shape index (κ1) is 16.0. The zero-order valence-electron chi connectivity index (χ0n) is 12.2. The van der Waals surface area contributed by atoms with E-state index in [-0.39, 0.29) is 11.5 Å². The molecule has 0 heterocycles. The molecule has 2 N–H and O–H groups in total. The molecule has 0 bridgehead atoms. The molecule has 1 aromatic rings. The van der Waals surface area contributed by atoms with Crippen molar-refractivity contribution < 1.29 is 13.5 Å². The molecule has 0 spiro atoms. The molecule has 0 aromatic heterocycles. The Balaban J connectivity index is 2.09. The SMILES string of the molecule is Cc1ccc(C#CCO)cc1S(=O)(=O)NCCC1CCC1. The highest BCUT2D eigenvalue weighted by Crippen LogP contribution is 2.29. The van der Waals surface area contributed by atoms with E-state index in [4.69, 9.17) is 5.11 Å². The molecule has 114 valence electrons. The molecule has 0 amide bonds. The molecule has 1 saturated carbocycles. The van der Waals surface area contributed by atoms with Crippen LogP contribution in [0.2, 0.25) is 0 Å². The number of benzene rings is 1. The lowest BCUT2D eigenvalue weighted by molar-refractivity contribution is 0.297. The van der Waals surface area contributed by atoms with Gasteiger partial charge < -0.3 is 5.11 Å². The summed E-state index contributed by atoms with van der Waals surface area (Å²) in [4.78, 5) is 0.265. The Hall–Kier alpha value is -1.35. The van der Waals surface area contributed by atoms with Crippen molar-refractivity contribution in [2.45, 2.75) is 37.5 Å². The van der Waals surface area contributed by atoms with Gasteiger partial charge in [0.1, 0.15) is 6.61 Å². The van der Waals surface area contributed by atoms with Crippen LogP contribution in [0.25, 0.3) is 0 Å². The Morgan fingerprint density at radius 3 is 2.76 bits per heavy atom. The van der Waals surface area contributed by atoms with Gasteiger partial charge in [0, 0.05) is 12.1 Å². The molecule has 2 rings (SSSR count). The summed E-state index contributed by atoms with van der Waals surface area (Å²) in [5.74, 6) is 5.94. The van der Waals surface area contributed by atoms with E-state index in [0.29, 0.717) is 23.6 Å². The maximum atomic E-state index is 12.4. The third-order valence-corrected chi connectivity index (χ3v) is 5.46. The number of hydrogen-bond acceptors (Lipinski definition) is 3. The first-order valence-electron chi connectivity index (χ1n) is 7.23. The topological polar surface area (TPSA) is 66.4 Å². The predicted molar refractivity (Wildman–Crippen MR) is 82.3 cm³/mol. The van der Waals surface area contributed by atoms with Gasteiger partial charge in [0.15, 0.2) is 0 Å². The molecule has 0 atom stereocenters. The van der Waals surface area contributed by atoms with Crippen molar-refractivity contribution in [3.63, 3.8) is 0 Å². The molecule has 21 heavy (non-hydrogen) atoms. The first-order valence-corrected chi connectivity index (χ1v) is 8.71. The minimum Gasteiger partial charge on any atom is -0.384 e. The number of aliphatic hydroxyl groups excluding tert-OH is 1. The molecule has 0 unspecified atom stereocenters. The molecular weight excluding hydrogens is 286 g/mol. The molecule has 1 fully saturated rings. The van der Waals surface area contributed by atoms with Crippen molar-refractivity contribution in [3.05, 3.63) is 29.3 Å². The van der Waals surface area contributed by atoms with Crippen molar-refractivity contribution in [2.75, 3.05) is 13.2 Å². The number of nitrogens with one attached hydrogen (secondary N) is 1. The van der Waals surface area contributed by atoms with Crippen molar-refractivity contribution >= 4 is 10.0 Å². The highest BCUT2D eigenvalue weighted by molar-refractivity contribution is 7.89. The van der Waals surface area contributed by atoms with Gasteiger partial charge in [0.25, 0.3) is 0 Å². The summed E-state index contributed by atoms with van der Waals surface area (Å²) in [6, 6.07) is 5.05. The third-order valence-electron chi connectivity index (χ3n) is 3.86. The average molecular weight is 307 g/mol. The average Bonchev–Trinajstić information content (AvgIpc) is 2.40. The summed E-state index contributed by atoms with van der Waals surface area (Å²) < 4.78 is 27.4. The van der Waals surface area contributed by atoms with Gasteiger partial charge in [0.2, 0.25) is 10.0 Å². The number of aryl methyl sites for hydroxylation is 1. The van der Waals surface area contributed by atoms with Crippen LogP contribution in [0.3, 0.4) is 0 Å². The van der Waals surface area contributed by atoms with Crippen LogP contribution in [0, 0.1) is 24.7 Å². The largest absolute Gasteiger partial charge is 0.384 e. The third kappa shape index (κ3) is 4.31. The monoisotopic (exact) mass is 307 g/mol. The smallest absolute Gasteiger partial charge is 0.240 e. The first-order chi connectivity index (χ1) is 10.0. The zero-order chi connectivity index (χ0) is 15.3. The number of rotatable bonds is 5. The van der Waals surface area contributed by atoms with E-state index in [1.807, 2.05) is 0 Å². The fourth-order valence-electron chi connectivity index (χ4n) is 2.37. The maximum Gasteiger partial charge on any atom is 0.240 e. The summed E-state index contributed by atoms with van der Waals surface area (Å²) in [5.41, 5.74) is 1.29. The Bertz CT molecular complexity index is 652. The molecule has 0 aliphatic heterocycles. The second kappa shape index (κ2) is 7.08. The lowest BCUT2D eigenvalue weighted by Gasteiger charge is -2.25. The summed E-state index contributed by atoms with van der Waals surface area (Å²) >= 11 is 0. The van der Waals surface area contributed by atoms with Crippen molar-refractivity contribution in [3.8, 4) is 11.8 Å². The lowest BCUT2D eigenvalue weighted by atomic mass is 9.83. The Morgan fingerprint density at radius 1 is 1.38 bits per heavy atom. The minimum atomic E-state index is -3.50. The van der Waals surface area contributed by atoms with Gasteiger partial charge >= 0.3 is 0 Å². The molecule has 0 saturated heterocycles. The van der Waals surface area contributed by atoms with E-state index in [1.165, 1.54) is 19.3 Å². The molecule has 1 aromatic carbocycles. The summed E-state index contributed by atoms with van der Waals surface area (Å²) in [7, 11) is -3.50. The van der Waals surface area contributed by atoms with Crippen LogP contribution in [0.15, 0.2) is 23.1 Å². The normalized spacial score (nSPS) is 15.1. The standard InChI is InChI=1S/C16H21NO3S/c1-13-7-8-15(6-3-11-18)12-16(13)21(19,20)17-10-9-14-4-2-5-14/h7-8,12,14,17-18H,2,4-5,9-11H2,1H3. The Labute approximate surface area is 126 Å². The van der Waals surface area contributed by atoms with Gasteiger partial charge in [0.05, 0.1) is 4.90 Å². The van der Waals surface area contributed by atoms with Gasteiger partial charge in [-0.15, -0.1) is 0 Å². The second-order valence-electron chi connectivity index (χ2n) is 5.42. The van der Waals surface area contributed by atoms with Crippen molar-refractivity contribution in [1.82, 2.24) is 4.72 Å². The van der Waals surface area contributed by atoms with Crippen molar-refractivity contribution in [1.29, 1.82) is 0 Å². The van der Waals surface area contributed by atoms with Gasteiger partial charge in [-0.05, 0) is 37.0 Å². The van der Waals surface area contributed by atoms with E-state index in [9.17, 15) is 8.42 Å². The van der Waals surface area contributed by atoms with E-state index in [1.54, 1.807) is 25.1 Å². The van der Waals surface area contributed by atoms with Gasteiger partial charge in [-0.2, -0.15) is 0 Å². The summed E-state index contributed by atoms with van der Waals surface area (Å²) in [6.45, 7) is 2.01. The van der Waals surface area contributed by atoms with Crippen LogP contribution in [-0.2, 0) is 10.0 Å². The van der Waals surface area contributed by atoms with E-state index >= 15 is 0 Å². The lowest BCUT2D eigenvalue weighted by Crippen LogP contribution is -2.28. The molecule has 1 aliphatic rings. The van der Waals surface area contributed by atoms with Crippen LogP contribution in [0.4, 0.5) is 0 Å². The maximum absolute atomic E-state index is 12.4. The van der Waals surface area contributed by atoms with Crippen LogP contribution in [-0.4, -0.2) is 26.7 Å². The molecular formula is C16H21NO3S. The van der Waals surface area contributed by atoms with Gasteiger partial charge in [-0.3, -0.25) is 0 Å². The van der Waals surface area contributed by atoms with E-state index in [2.05, 4.69) is 16.6 Å². The summed E-state index contributed by atoms with van der Waals surface area (Å²) in [6.07, 6.45) is 4.60. The number of aliphatic hydroxyl groups is 1. The quantitative estimate of drug-likeness (QED) is 0.815. The van der Waals surface area contributed by atoms with E-state index < -0.39 is 10.0 Å². The van der Waals surface area contributed by atoms with Crippen LogP contribution in [0.1, 0.15) is 36.8 Å². The highest BCUT2D eigenvalue weighted by Gasteiger charge is 2.20. The predicted octanol–water partition coefficient (Wildman–Crippen LogP) is 1.81. The van der Waals surface area contributed by atoms with Gasteiger partial charge in [-0.25, -0.2) is 13.1 Å².